The lowest BCUT2D eigenvalue weighted by molar-refractivity contribution is -0.118. The second kappa shape index (κ2) is 5.90. The molecular formula is C12H15NO3. The second-order valence-electron chi connectivity index (χ2n) is 3.44. The molecule has 0 unspecified atom stereocenters. The van der Waals surface area contributed by atoms with Crippen LogP contribution in [0.1, 0.15) is 29.6 Å². The first-order chi connectivity index (χ1) is 7.65. The number of carbonyl (C=O) groups is 2. The van der Waals surface area contributed by atoms with Crippen LogP contribution in [0.5, 0.6) is 5.75 Å². The summed E-state index contributed by atoms with van der Waals surface area (Å²) in [7, 11) is 1.52. The molecule has 0 radical (unpaired) electrons. The Morgan fingerprint density at radius 2 is 1.94 bits per heavy atom. The van der Waals surface area contributed by atoms with Crippen molar-refractivity contribution in [3.63, 3.8) is 0 Å². The number of para-hydroxylation sites is 1. The average Bonchev–Trinajstić information content (AvgIpc) is 2.28. The number of amides is 1. The van der Waals surface area contributed by atoms with Gasteiger partial charge in [-0.15, -0.1) is 0 Å². The first-order valence-corrected chi connectivity index (χ1v) is 5.09. The number of hydrogen-bond acceptors (Lipinski definition) is 3. The van der Waals surface area contributed by atoms with Crippen LogP contribution < -0.4 is 10.5 Å². The number of benzene rings is 1. The zero-order chi connectivity index (χ0) is 12.0. The number of methoxy groups -OCH3 is 1. The molecule has 16 heavy (non-hydrogen) atoms. The number of Topliss-reactive ketones (excluding diaryl/α,β-unsaturated/α-hetero) is 1. The Kier molecular flexibility index (Phi) is 4.51. The number of ketones is 1. The van der Waals surface area contributed by atoms with Gasteiger partial charge in [-0.25, -0.2) is 0 Å². The molecule has 0 bridgehead atoms. The van der Waals surface area contributed by atoms with Crippen LogP contribution in [0, 0.1) is 0 Å². The smallest absolute Gasteiger partial charge is 0.217 e. The second-order valence-corrected chi connectivity index (χ2v) is 3.44. The van der Waals surface area contributed by atoms with Gasteiger partial charge in [-0.05, 0) is 18.6 Å². The molecule has 4 nitrogen and oxygen atoms in total. The standard InChI is InChI=1S/C12H15NO3/c1-16-11-7-3-2-5-9(11)10(14)6-4-8-12(13)15/h2-3,5,7H,4,6,8H2,1H3,(H2,13,15). The predicted molar refractivity (Wildman–Crippen MR) is 60.4 cm³/mol. The summed E-state index contributed by atoms with van der Waals surface area (Å²) in [4.78, 5) is 22.3. The van der Waals surface area contributed by atoms with E-state index in [1.807, 2.05) is 0 Å². The van der Waals surface area contributed by atoms with Gasteiger partial charge in [0, 0.05) is 12.8 Å². The Bertz CT molecular complexity index is 388. The van der Waals surface area contributed by atoms with Crippen molar-refractivity contribution in [2.24, 2.45) is 5.73 Å². The summed E-state index contributed by atoms with van der Waals surface area (Å²) in [5.41, 5.74) is 5.55. The fourth-order valence-electron chi connectivity index (χ4n) is 1.43. The molecule has 0 saturated heterocycles. The van der Waals surface area contributed by atoms with Crippen molar-refractivity contribution in [1.82, 2.24) is 0 Å². The number of rotatable bonds is 6. The molecule has 2 N–H and O–H groups in total. The van der Waals surface area contributed by atoms with Gasteiger partial charge in [-0.1, -0.05) is 12.1 Å². The molecule has 4 heteroatoms. The topological polar surface area (TPSA) is 69.4 Å². The highest BCUT2D eigenvalue weighted by atomic mass is 16.5. The minimum Gasteiger partial charge on any atom is -0.496 e. The quantitative estimate of drug-likeness (QED) is 0.740. The van der Waals surface area contributed by atoms with E-state index in [1.165, 1.54) is 7.11 Å². The lowest BCUT2D eigenvalue weighted by atomic mass is 10.0. The van der Waals surface area contributed by atoms with Crippen LogP contribution in [0.2, 0.25) is 0 Å². The van der Waals surface area contributed by atoms with Gasteiger partial charge in [-0.3, -0.25) is 9.59 Å². The summed E-state index contributed by atoms with van der Waals surface area (Å²) < 4.78 is 5.08. The zero-order valence-corrected chi connectivity index (χ0v) is 9.23. The maximum Gasteiger partial charge on any atom is 0.217 e. The number of ether oxygens (including phenoxy) is 1. The Hall–Kier alpha value is -1.84. The summed E-state index contributed by atoms with van der Waals surface area (Å²) >= 11 is 0. The summed E-state index contributed by atoms with van der Waals surface area (Å²) in [5.74, 6) is 0.151. The fourth-order valence-corrected chi connectivity index (χ4v) is 1.43. The van der Waals surface area contributed by atoms with Crippen molar-refractivity contribution in [2.75, 3.05) is 7.11 Å². The van der Waals surface area contributed by atoms with Crippen molar-refractivity contribution in [3.05, 3.63) is 29.8 Å². The Morgan fingerprint density at radius 1 is 1.25 bits per heavy atom. The highest BCUT2D eigenvalue weighted by Crippen LogP contribution is 2.19. The number of primary amides is 1. The zero-order valence-electron chi connectivity index (χ0n) is 9.23. The van der Waals surface area contributed by atoms with Crippen LogP contribution in [-0.2, 0) is 4.79 Å². The van der Waals surface area contributed by atoms with Gasteiger partial charge in [0.1, 0.15) is 5.75 Å². The van der Waals surface area contributed by atoms with Gasteiger partial charge in [0.25, 0.3) is 0 Å². The molecule has 0 fully saturated rings. The van der Waals surface area contributed by atoms with Crippen LogP contribution in [0.25, 0.3) is 0 Å². The molecular weight excluding hydrogens is 206 g/mol. The Labute approximate surface area is 94.4 Å². The normalized spacial score (nSPS) is 9.81. The molecule has 0 aliphatic carbocycles. The molecule has 1 amide bonds. The summed E-state index contributed by atoms with van der Waals surface area (Å²) in [6, 6.07) is 7.04. The van der Waals surface area contributed by atoms with E-state index in [0.29, 0.717) is 24.2 Å². The van der Waals surface area contributed by atoms with Crippen molar-refractivity contribution >= 4 is 11.7 Å². The first kappa shape index (κ1) is 12.2. The summed E-state index contributed by atoms with van der Waals surface area (Å²) in [5, 5.41) is 0. The number of hydrogen-bond donors (Lipinski definition) is 1. The van der Waals surface area contributed by atoms with E-state index in [9.17, 15) is 9.59 Å². The van der Waals surface area contributed by atoms with E-state index in [2.05, 4.69) is 0 Å². The minimum absolute atomic E-state index is 0.0290. The highest BCUT2D eigenvalue weighted by Gasteiger charge is 2.11. The van der Waals surface area contributed by atoms with Crippen LogP contribution in [-0.4, -0.2) is 18.8 Å². The van der Waals surface area contributed by atoms with Gasteiger partial charge in [-0.2, -0.15) is 0 Å². The predicted octanol–water partition coefficient (Wildman–Crippen LogP) is 1.53. The Morgan fingerprint density at radius 3 is 2.56 bits per heavy atom. The Balaban J connectivity index is 2.62. The molecule has 0 aliphatic heterocycles. The molecule has 1 aromatic carbocycles. The average molecular weight is 221 g/mol. The van der Waals surface area contributed by atoms with E-state index < -0.39 is 0 Å². The molecule has 0 aliphatic rings. The van der Waals surface area contributed by atoms with Crippen molar-refractivity contribution < 1.29 is 14.3 Å². The van der Waals surface area contributed by atoms with Crippen molar-refractivity contribution in [1.29, 1.82) is 0 Å². The lowest BCUT2D eigenvalue weighted by Crippen LogP contribution is -2.11. The van der Waals surface area contributed by atoms with E-state index in [-0.39, 0.29) is 18.1 Å². The summed E-state index contributed by atoms with van der Waals surface area (Å²) in [6.45, 7) is 0. The maximum absolute atomic E-state index is 11.8. The van der Waals surface area contributed by atoms with E-state index >= 15 is 0 Å². The third-order valence-electron chi connectivity index (χ3n) is 2.23. The van der Waals surface area contributed by atoms with E-state index in [4.69, 9.17) is 10.5 Å². The first-order valence-electron chi connectivity index (χ1n) is 5.09. The molecule has 0 aromatic heterocycles. The van der Waals surface area contributed by atoms with Crippen LogP contribution in [0.4, 0.5) is 0 Å². The molecule has 1 aromatic rings. The van der Waals surface area contributed by atoms with Gasteiger partial charge >= 0.3 is 0 Å². The lowest BCUT2D eigenvalue weighted by Gasteiger charge is -2.06. The van der Waals surface area contributed by atoms with Gasteiger partial charge in [0.05, 0.1) is 12.7 Å². The third-order valence-corrected chi connectivity index (χ3v) is 2.23. The molecule has 0 heterocycles. The number of carbonyl (C=O) groups excluding carboxylic acids is 2. The summed E-state index contributed by atoms with van der Waals surface area (Å²) in [6.07, 6.45) is 1.02. The van der Waals surface area contributed by atoms with Gasteiger partial charge in [0.15, 0.2) is 5.78 Å². The van der Waals surface area contributed by atoms with Crippen LogP contribution >= 0.6 is 0 Å². The molecule has 0 saturated carbocycles. The SMILES string of the molecule is COc1ccccc1C(=O)CCCC(N)=O. The van der Waals surface area contributed by atoms with Crippen LogP contribution in [0.15, 0.2) is 24.3 Å². The molecule has 1 rings (SSSR count). The third kappa shape index (κ3) is 3.38. The fraction of sp³-hybridized carbons (Fsp3) is 0.333. The number of nitrogens with two attached hydrogens (primary N) is 1. The maximum atomic E-state index is 11.8. The van der Waals surface area contributed by atoms with Crippen molar-refractivity contribution in [3.8, 4) is 5.75 Å². The van der Waals surface area contributed by atoms with Crippen molar-refractivity contribution in [2.45, 2.75) is 19.3 Å². The highest BCUT2D eigenvalue weighted by molar-refractivity contribution is 5.98. The van der Waals surface area contributed by atoms with Crippen LogP contribution in [0.3, 0.4) is 0 Å². The molecule has 86 valence electrons. The minimum atomic E-state index is -0.382. The van der Waals surface area contributed by atoms with Gasteiger partial charge in [0.2, 0.25) is 5.91 Å². The monoisotopic (exact) mass is 221 g/mol. The van der Waals surface area contributed by atoms with Gasteiger partial charge < -0.3 is 10.5 Å². The van der Waals surface area contributed by atoms with E-state index in [0.717, 1.165) is 0 Å². The largest absolute Gasteiger partial charge is 0.496 e. The molecule has 0 spiro atoms. The van der Waals surface area contributed by atoms with E-state index in [1.54, 1.807) is 24.3 Å². The molecule has 0 atom stereocenters.